The first-order valence-electron chi connectivity index (χ1n) is 6.29. The minimum atomic E-state index is -3.88. The number of hydrogen-bond acceptors (Lipinski definition) is 4. The van der Waals surface area contributed by atoms with Crippen molar-refractivity contribution in [2.75, 3.05) is 0 Å². The molecule has 2 aromatic carbocycles. The van der Waals surface area contributed by atoms with Crippen molar-refractivity contribution in [2.45, 2.75) is 5.57 Å². The van der Waals surface area contributed by atoms with E-state index in [1.807, 2.05) is 0 Å². The number of hydrogen-bond donors (Lipinski definition) is 0. The summed E-state index contributed by atoms with van der Waals surface area (Å²) in [4.78, 5) is 15.9. The zero-order chi connectivity index (χ0) is 16.6. The summed E-state index contributed by atoms with van der Waals surface area (Å²) in [5.74, 6) is -1.16. The van der Waals surface area contributed by atoms with Crippen molar-refractivity contribution in [3.63, 3.8) is 0 Å². The van der Waals surface area contributed by atoms with Gasteiger partial charge in [-0.1, -0.05) is 12.1 Å². The first-order chi connectivity index (χ1) is 10.8. The van der Waals surface area contributed by atoms with Gasteiger partial charge in [-0.05, 0) is 30.3 Å². The number of fused-ring (bicyclic) bond motifs is 1. The van der Waals surface area contributed by atoms with Gasteiger partial charge in [-0.25, -0.2) is 14.2 Å². The molecule has 23 heavy (non-hydrogen) atoms. The van der Waals surface area contributed by atoms with Crippen LogP contribution in [0.25, 0.3) is 22.4 Å². The minimum Gasteiger partial charge on any atom is -0.420 e. The maximum Gasteiger partial charge on any atom is 0.487 e. The second kappa shape index (κ2) is 5.58. The average molecular weight is 342 g/mol. The van der Waals surface area contributed by atoms with Gasteiger partial charge in [0.2, 0.25) is 5.89 Å². The molecule has 0 aliphatic heterocycles. The Bertz CT molecular complexity index is 937. The van der Waals surface area contributed by atoms with Crippen LogP contribution in [0.4, 0.5) is 13.2 Å². The van der Waals surface area contributed by atoms with Gasteiger partial charge in [-0.15, -0.1) is 8.78 Å². The molecule has 1 aromatic heterocycles. The zero-order valence-corrected chi connectivity index (χ0v) is 12.0. The first kappa shape index (κ1) is 15.4. The van der Waals surface area contributed by atoms with Crippen molar-refractivity contribution in [3.05, 3.63) is 58.7 Å². The standard InChI is InChI=1S/C15H7ClF3NO3/c16-15(18,19)23-9-4-1-3-8(7-9)13-20-11-6-2-5-10(17)12(11)14(21)22-13/h1-7H. The highest BCUT2D eigenvalue weighted by Gasteiger charge is 2.27. The van der Waals surface area contributed by atoms with E-state index in [1.54, 1.807) is 0 Å². The Labute approximate surface area is 132 Å². The molecule has 0 aliphatic rings. The van der Waals surface area contributed by atoms with Crippen LogP contribution in [0.2, 0.25) is 0 Å². The quantitative estimate of drug-likeness (QED) is 0.671. The van der Waals surface area contributed by atoms with Gasteiger partial charge in [0.15, 0.2) is 0 Å². The Morgan fingerprint density at radius 2 is 1.91 bits per heavy atom. The van der Waals surface area contributed by atoms with E-state index >= 15 is 0 Å². The maximum absolute atomic E-state index is 13.6. The van der Waals surface area contributed by atoms with E-state index in [1.165, 1.54) is 36.4 Å². The average Bonchev–Trinajstić information content (AvgIpc) is 2.45. The highest BCUT2D eigenvalue weighted by Crippen LogP contribution is 2.28. The van der Waals surface area contributed by atoms with Crippen LogP contribution in [0, 0.1) is 5.82 Å². The van der Waals surface area contributed by atoms with Crippen molar-refractivity contribution >= 4 is 22.5 Å². The van der Waals surface area contributed by atoms with Crippen molar-refractivity contribution in [1.82, 2.24) is 4.98 Å². The molecule has 3 rings (SSSR count). The van der Waals surface area contributed by atoms with Gasteiger partial charge in [-0.2, -0.15) is 0 Å². The molecule has 0 bridgehead atoms. The number of aromatic nitrogens is 1. The predicted octanol–water partition coefficient (Wildman–Crippen LogP) is 4.16. The summed E-state index contributed by atoms with van der Waals surface area (Å²) in [6, 6.07) is 9.22. The van der Waals surface area contributed by atoms with E-state index in [2.05, 4.69) is 9.72 Å². The molecule has 0 saturated carbocycles. The van der Waals surface area contributed by atoms with Crippen LogP contribution in [0.3, 0.4) is 0 Å². The van der Waals surface area contributed by atoms with Crippen molar-refractivity contribution in [2.24, 2.45) is 0 Å². The fourth-order valence-corrected chi connectivity index (χ4v) is 2.12. The van der Waals surface area contributed by atoms with E-state index in [0.717, 1.165) is 6.07 Å². The number of rotatable bonds is 3. The molecule has 8 heteroatoms. The normalized spacial score (nSPS) is 11.7. The Morgan fingerprint density at radius 1 is 1.17 bits per heavy atom. The minimum absolute atomic E-state index is 0.0882. The molecule has 0 fully saturated rings. The third-order valence-corrected chi connectivity index (χ3v) is 3.00. The highest BCUT2D eigenvalue weighted by atomic mass is 35.5. The molecular weight excluding hydrogens is 335 g/mol. The highest BCUT2D eigenvalue weighted by molar-refractivity contribution is 6.20. The van der Waals surface area contributed by atoms with Crippen LogP contribution in [0.15, 0.2) is 51.7 Å². The SMILES string of the molecule is O=c1oc(-c2cccc(OC(F)(F)Cl)c2)nc2cccc(F)c12. The largest absolute Gasteiger partial charge is 0.487 e. The lowest BCUT2D eigenvalue weighted by Gasteiger charge is -2.11. The maximum atomic E-state index is 13.6. The molecule has 1 heterocycles. The number of nitrogens with zero attached hydrogens (tertiary/aromatic N) is 1. The van der Waals surface area contributed by atoms with Gasteiger partial charge in [0.05, 0.1) is 5.52 Å². The molecule has 0 N–H and O–H groups in total. The lowest BCUT2D eigenvalue weighted by atomic mass is 10.2. The molecule has 0 amide bonds. The number of alkyl halides is 3. The van der Waals surface area contributed by atoms with E-state index in [4.69, 9.17) is 16.0 Å². The topological polar surface area (TPSA) is 52.3 Å². The van der Waals surface area contributed by atoms with Gasteiger partial charge in [0.1, 0.15) is 17.0 Å². The third-order valence-electron chi connectivity index (χ3n) is 2.92. The van der Waals surface area contributed by atoms with Crippen LogP contribution in [-0.4, -0.2) is 10.6 Å². The van der Waals surface area contributed by atoms with Crippen LogP contribution in [0.5, 0.6) is 5.75 Å². The smallest absolute Gasteiger partial charge is 0.420 e. The Kier molecular flexibility index (Phi) is 3.73. The molecule has 0 saturated heterocycles. The second-order valence-electron chi connectivity index (χ2n) is 4.52. The van der Waals surface area contributed by atoms with E-state index in [-0.39, 0.29) is 28.1 Å². The third kappa shape index (κ3) is 3.29. The molecule has 0 radical (unpaired) electrons. The summed E-state index contributed by atoms with van der Waals surface area (Å²) in [5.41, 5.74) is -4.51. The summed E-state index contributed by atoms with van der Waals surface area (Å²) >= 11 is 4.70. The molecule has 0 spiro atoms. The van der Waals surface area contributed by atoms with Gasteiger partial charge in [0.25, 0.3) is 0 Å². The zero-order valence-electron chi connectivity index (χ0n) is 11.2. The molecule has 0 atom stereocenters. The first-order valence-corrected chi connectivity index (χ1v) is 6.67. The van der Waals surface area contributed by atoms with E-state index in [9.17, 15) is 18.0 Å². The molecular formula is C15H7ClF3NO3. The molecule has 0 aliphatic carbocycles. The Morgan fingerprint density at radius 3 is 2.65 bits per heavy atom. The van der Waals surface area contributed by atoms with Crippen LogP contribution in [-0.2, 0) is 0 Å². The summed E-state index contributed by atoms with van der Waals surface area (Å²) in [6.07, 6.45) is 0. The fourth-order valence-electron chi connectivity index (χ4n) is 2.03. The van der Waals surface area contributed by atoms with Crippen LogP contribution >= 0.6 is 11.6 Å². The summed E-state index contributed by atoms with van der Waals surface area (Å²) in [7, 11) is 0. The lowest BCUT2D eigenvalue weighted by Crippen LogP contribution is -2.15. The number of ether oxygens (including phenoxy) is 1. The summed E-state index contributed by atoms with van der Waals surface area (Å²) in [5, 5.41) is -0.282. The second-order valence-corrected chi connectivity index (χ2v) is 4.96. The van der Waals surface area contributed by atoms with Crippen molar-refractivity contribution < 1.29 is 22.3 Å². The number of benzene rings is 2. The van der Waals surface area contributed by atoms with E-state index in [0.29, 0.717) is 0 Å². The van der Waals surface area contributed by atoms with Crippen LogP contribution < -0.4 is 10.4 Å². The summed E-state index contributed by atoms with van der Waals surface area (Å²) < 4.78 is 48.1. The van der Waals surface area contributed by atoms with E-state index < -0.39 is 17.0 Å². The van der Waals surface area contributed by atoms with Gasteiger partial charge in [-0.3, -0.25) is 0 Å². The Hall–Kier alpha value is -2.54. The van der Waals surface area contributed by atoms with Gasteiger partial charge >= 0.3 is 11.2 Å². The lowest BCUT2D eigenvalue weighted by molar-refractivity contribution is -0.0964. The monoisotopic (exact) mass is 341 g/mol. The molecule has 4 nitrogen and oxygen atoms in total. The Balaban J connectivity index is 2.11. The number of halogens is 4. The molecule has 0 unspecified atom stereocenters. The van der Waals surface area contributed by atoms with Crippen LogP contribution in [0.1, 0.15) is 0 Å². The fraction of sp³-hybridized carbons (Fsp3) is 0.0667. The van der Waals surface area contributed by atoms with Gasteiger partial charge < -0.3 is 9.15 Å². The van der Waals surface area contributed by atoms with Crippen molar-refractivity contribution in [1.29, 1.82) is 0 Å². The predicted molar refractivity (Wildman–Crippen MR) is 77.1 cm³/mol. The molecule has 118 valence electrons. The van der Waals surface area contributed by atoms with Gasteiger partial charge in [0, 0.05) is 17.2 Å². The summed E-state index contributed by atoms with van der Waals surface area (Å²) in [6.45, 7) is 0. The molecule has 3 aromatic rings. The van der Waals surface area contributed by atoms with Crippen molar-refractivity contribution in [3.8, 4) is 17.2 Å².